The summed E-state index contributed by atoms with van der Waals surface area (Å²) in [6.45, 7) is 4.25. The summed E-state index contributed by atoms with van der Waals surface area (Å²) >= 11 is 5.59. The highest BCUT2D eigenvalue weighted by Gasteiger charge is 1.93. The Balaban J connectivity index is 2.20. The minimum absolute atomic E-state index is 0.748. The molecule has 0 saturated heterocycles. The van der Waals surface area contributed by atoms with Crippen molar-refractivity contribution in [2.75, 3.05) is 19.0 Å². The third-order valence-corrected chi connectivity index (χ3v) is 2.78. The standard InChI is InChI=1S/C13H20ClN/c1-2-12-4-6-13(7-5-12)8-11-15-10-3-9-14/h4-7,15H,2-3,8-11H2,1H3. The van der Waals surface area contributed by atoms with E-state index < -0.39 is 0 Å². The van der Waals surface area contributed by atoms with Crippen molar-refractivity contribution in [2.45, 2.75) is 26.2 Å². The van der Waals surface area contributed by atoms with Gasteiger partial charge >= 0.3 is 0 Å². The number of nitrogens with one attached hydrogen (secondary N) is 1. The minimum atomic E-state index is 0.748. The summed E-state index contributed by atoms with van der Waals surface area (Å²) < 4.78 is 0. The first-order valence-electron chi connectivity index (χ1n) is 5.71. The highest BCUT2D eigenvalue weighted by atomic mass is 35.5. The molecule has 2 heteroatoms. The lowest BCUT2D eigenvalue weighted by Crippen LogP contribution is -2.18. The Labute approximate surface area is 97.8 Å². The molecule has 0 saturated carbocycles. The zero-order valence-electron chi connectivity index (χ0n) is 9.43. The SMILES string of the molecule is CCc1ccc(CCNCCCCl)cc1. The van der Waals surface area contributed by atoms with E-state index in [0.717, 1.165) is 38.2 Å². The smallest absolute Gasteiger partial charge is 0.0235 e. The van der Waals surface area contributed by atoms with Gasteiger partial charge in [0.15, 0.2) is 0 Å². The predicted octanol–water partition coefficient (Wildman–Crippen LogP) is 3.01. The zero-order chi connectivity index (χ0) is 10.9. The van der Waals surface area contributed by atoms with Gasteiger partial charge in [-0.05, 0) is 43.5 Å². The van der Waals surface area contributed by atoms with Crippen LogP contribution in [0.3, 0.4) is 0 Å². The molecule has 0 fully saturated rings. The average Bonchev–Trinajstić information content (AvgIpc) is 2.30. The van der Waals surface area contributed by atoms with Crippen LogP contribution < -0.4 is 5.32 Å². The number of hydrogen-bond donors (Lipinski definition) is 1. The first-order chi connectivity index (χ1) is 7.36. The maximum atomic E-state index is 5.59. The topological polar surface area (TPSA) is 12.0 Å². The second-order valence-electron chi connectivity index (χ2n) is 3.71. The second kappa shape index (κ2) is 7.72. The van der Waals surface area contributed by atoms with E-state index in [4.69, 9.17) is 11.6 Å². The lowest BCUT2D eigenvalue weighted by molar-refractivity contribution is 0.673. The lowest BCUT2D eigenvalue weighted by atomic mass is 10.1. The van der Waals surface area contributed by atoms with Crippen LogP contribution in [-0.4, -0.2) is 19.0 Å². The molecule has 0 spiro atoms. The Hall–Kier alpha value is -0.530. The van der Waals surface area contributed by atoms with Gasteiger partial charge in [-0.3, -0.25) is 0 Å². The van der Waals surface area contributed by atoms with Crippen LogP contribution in [0.5, 0.6) is 0 Å². The molecule has 0 aliphatic rings. The molecule has 1 rings (SSSR count). The Kier molecular flexibility index (Phi) is 6.45. The van der Waals surface area contributed by atoms with Gasteiger partial charge in [-0.15, -0.1) is 11.6 Å². The molecule has 1 N–H and O–H groups in total. The minimum Gasteiger partial charge on any atom is -0.316 e. The van der Waals surface area contributed by atoms with Gasteiger partial charge in [0.25, 0.3) is 0 Å². The van der Waals surface area contributed by atoms with Crippen LogP contribution in [-0.2, 0) is 12.8 Å². The molecule has 1 aromatic carbocycles. The van der Waals surface area contributed by atoms with Gasteiger partial charge in [-0.1, -0.05) is 31.2 Å². The van der Waals surface area contributed by atoms with Crippen molar-refractivity contribution < 1.29 is 0 Å². The molecule has 1 aromatic rings. The number of hydrogen-bond acceptors (Lipinski definition) is 1. The fraction of sp³-hybridized carbons (Fsp3) is 0.538. The summed E-state index contributed by atoms with van der Waals surface area (Å²) in [4.78, 5) is 0. The van der Waals surface area contributed by atoms with Crippen LogP contribution >= 0.6 is 11.6 Å². The highest BCUT2D eigenvalue weighted by molar-refractivity contribution is 6.17. The van der Waals surface area contributed by atoms with E-state index in [1.165, 1.54) is 11.1 Å². The van der Waals surface area contributed by atoms with E-state index in [1.54, 1.807) is 0 Å². The molecule has 0 heterocycles. The molecule has 15 heavy (non-hydrogen) atoms. The van der Waals surface area contributed by atoms with Crippen molar-refractivity contribution in [1.82, 2.24) is 5.32 Å². The molecule has 0 radical (unpaired) electrons. The molecule has 0 aliphatic heterocycles. The number of alkyl halides is 1. The van der Waals surface area contributed by atoms with Crippen molar-refractivity contribution in [1.29, 1.82) is 0 Å². The van der Waals surface area contributed by atoms with Crippen molar-refractivity contribution in [3.05, 3.63) is 35.4 Å². The van der Waals surface area contributed by atoms with Crippen molar-refractivity contribution in [2.24, 2.45) is 0 Å². The van der Waals surface area contributed by atoms with Gasteiger partial charge in [0.05, 0.1) is 0 Å². The van der Waals surface area contributed by atoms with E-state index in [9.17, 15) is 0 Å². The van der Waals surface area contributed by atoms with Crippen molar-refractivity contribution in [3.8, 4) is 0 Å². The molecular formula is C13H20ClN. The van der Waals surface area contributed by atoms with E-state index in [1.807, 2.05) is 0 Å². The van der Waals surface area contributed by atoms with E-state index in [0.29, 0.717) is 0 Å². The highest BCUT2D eigenvalue weighted by Crippen LogP contribution is 2.05. The Morgan fingerprint density at radius 1 is 1.07 bits per heavy atom. The maximum absolute atomic E-state index is 5.59. The number of benzene rings is 1. The van der Waals surface area contributed by atoms with Crippen LogP contribution in [0.1, 0.15) is 24.5 Å². The first-order valence-corrected chi connectivity index (χ1v) is 6.24. The Morgan fingerprint density at radius 2 is 1.73 bits per heavy atom. The molecule has 0 atom stereocenters. The summed E-state index contributed by atoms with van der Waals surface area (Å²) in [7, 11) is 0. The maximum Gasteiger partial charge on any atom is 0.0235 e. The molecule has 84 valence electrons. The first kappa shape index (κ1) is 12.5. The quantitative estimate of drug-likeness (QED) is 0.556. The van der Waals surface area contributed by atoms with Crippen LogP contribution in [0.15, 0.2) is 24.3 Å². The summed E-state index contributed by atoms with van der Waals surface area (Å²) in [6, 6.07) is 8.88. The Morgan fingerprint density at radius 3 is 2.33 bits per heavy atom. The van der Waals surface area contributed by atoms with Gasteiger partial charge in [0, 0.05) is 5.88 Å². The molecule has 1 nitrogen and oxygen atoms in total. The predicted molar refractivity (Wildman–Crippen MR) is 67.7 cm³/mol. The fourth-order valence-corrected chi connectivity index (χ4v) is 1.62. The van der Waals surface area contributed by atoms with Crippen LogP contribution in [0.25, 0.3) is 0 Å². The third-order valence-electron chi connectivity index (χ3n) is 2.51. The second-order valence-corrected chi connectivity index (χ2v) is 4.09. The van der Waals surface area contributed by atoms with E-state index >= 15 is 0 Å². The Bertz CT molecular complexity index is 256. The summed E-state index contributed by atoms with van der Waals surface area (Å²) in [5, 5.41) is 3.38. The summed E-state index contributed by atoms with van der Waals surface area (Å²) in [5.74, 6) is 0.748. The molecular weight excluding hydrogens is 206 g/mol. The van der Waals surface area contributed by atoms with Crippen LogP contribution in [0, 0.1) is 0 Å². The molecule has 0 bridgehead atoms. The number of rotatable bonds is 7. The third kappa shape index (κ3) is 5.19. The number of aryl methyl sites for hydroxylation is 1. The van der Waals surface area contributed by atoms with Crippen molar-refractivity contribution in [3.63, 3.8) is 0 Å². The monoisotopic (exact) mass is 225 g/mol. The van der Waals surface area contributed by atoms with E-state index in [-0.39, 0.29) is 0 Å². The van der Waals surface area contributed by atoms with E-state index in [2.05, 4.69) is 36.5 Å². The number of halogens is 1. The van der Waals surface area contributed by atoms with Crippen LogP contribution in [0.4, 0.5) is 0 Å². The summed E-state index contributed by atoms with van der Waals surface area (Å²) in [5.41, 5.74) is 2.82. The molecule has 0 amide bonds. The van der Waals surface area contributed by atoms with Gasteiger partial charge in [0.1, 0.15) is 0 Å². The van der Waals surface area contributed by atoms with Gasteiger partial charge < -0.3 is 5.32 Å². The fourth-order valence-electron chi connectivity index (χ4n) is 1.49. The summed E-state index contributed by atoms with van der Waals surface area (Å²) in [6.07, 6.45) is 3.27. The van der Waals surface area contributed by atoms with Crippen LogP contribution in [0.2, 0.25) is 0 Å². The van der Waals surface area contributed by atoms with Gasteiger partial charge in [-0.2, -0.15) is 0 Å². The van der Waals surface area contributed by atoms with Gasteiger partial charge in [-0.25, -0.2) is 0 Å². The zero-order valence-corrected chi connectivity index (χ0v) is 10.2. The largest absolute Gasteiger partial charge is 0.316 e. The molecule has 0 unspecified atom stereocenters. The van der Waals surface area contributed by atoms with Crippen molar-refractivity contribution >= 4 is 11.6 Å². The normalized spacial score (nSPS) is 10.5. The molecule has 0 aliphatic carbocycles. The average molecular weight is 226 g/mol. The van der Waals surface area contributed by atoms with Gasteiger partial charge in [0.2, 0.25) is 0 Å². The lowest BCUT2D eigenvalue weighted by Gasteiger charge is -2.04. The molecule has 0 aromatic heterocycles.